The van der Waals surface area contributed by atoms with E-state index in [0.29, 0.717) is 6.04 Å². The Morgan fingerprint density at radius 3 is 2.67 bits per heavy atom. The number of thiocarbonyl (C=S) groups is 1. The SMILES string of the molecule is CCCCCN1CCN(C(=S)S)CC1C. The third-order valence-electron chi connectivity index (χ3n) is 3.08. The Balaban J connectivity index is 2.29. The van der Waals surface area contributed by atoms with Gasteiger partial charge in [-0.25, -0.2) is 0 Å². The van der Waals surface area contributed by atoms with E-state index in [1.165, 1.54) is 25.8 Å². The first-order valence-corrected chi connectivity index (χ1v) is 6.72. The molecule has 2 nitrogen and oxygen atoms in total. The zero-order valence-corrected chi connectivity index (χ0v) is 11.5. The van der Waals surface area contributed by atoms with Crippen LogP contribution in [0, 0.1) is 0 Å². The van der Waals surface area contributed by atoms with Gasteiger partial charge in [0.2, 0.25) is 0 Å². The minimum atomic E-state index is 0.612. The number of nitrogens with zero attached hydrogens (tertiary/aromatic N) is 2. The molecule has 1 fully saturated rings. The van der Waals surface area contributed by atoms with Crippen LogP contribution in [0.3, 0.4) is 0 Å². The highest BCUT2D eigenvalue weighted by atomic mass is 32.1. The maximum atomic E-state index is 5.08. The molecule has 1 rings (SSSR count). The van der Waals surface area contributed by atoms with E-state index in [-0.39, 0.29) is 0 Å². The molecule has 0 saturated carbocycles. The van der Waals surface area contributed by atoms with E-state index in [9.17, 15) is 0 Å². The van der Waals surface area contributed by atoms with Gasteiger partial charge < -0.3 is 4.90 Å². The van der Waals surface area contributed by atoms with Crippen molar-refractivity contribution in [2.24, 2.45) is 0 Å². The molecule has 0 bridgehead atoms. The molecule has 1 unspecified atom stereocenters. The minimum absolute atomic E-state index is 0.612. The molecule has 4 heteroatoms. The van der Waals surface area contributed by atoms with Crippen LogP contribution in [0.15, 0.2) is 0 Å². The summed E-state index contributed by atoms with van der Waals surface area (Å²) in [5.41, 5.74) is 0. The monoisotopic (exact) mass is 246 g/mol. The molecule has 1 atom stereocenters. The molecule has 0 spiro atoms. The van der Waals surface area contributed by atoms with Gasteiger partial charge in [-0.15, -0.1) is 12.6 Å². The van der Waals surface area contributed by atoms with Crippen molar-refractivity contribution in [3.8, 4) is 0 Å². The number of hydrogen-bond acceptors (Lipinski definition) is 2. The normalized spacial score (nSPS) is 23.1. The van der Waals surface area contributed by atoms with Crippen LogP contribution in [-0.4, -0.2) is 46.3 Å². The van der Waals surface area contributed by atoms with E-state index >= 15 is 0 Å². The first kappa shape index (κ1) is 13.3. The number of unbranched alkanes of at least 4 members (excludes halogenated alkanes) is 2. The summed E-state index contributed by atoms with van der Waals surface area (Å²) in [5, 5.41) is 0. The van der Waals surface area contributed by atoms with Crippen LogP contribution in [-0.2, 0) is 0 Å². The third kappa shape index (κ3) is 4.29. The molecule has 1 aliphatic rings. The average molecular weight is 246 g/mol. The highest BCUT2D eigenvalue weighted by Gasteiger charge is 2.23. The van der Waals surface area contributed by atoms with Gasteiger partial charge in [-0.1, -0.05) is 32.0 Å². The van der Waals surface area contributed by atoms with Gasteiger partial charge >= 0.3 is 0 Å². The molecule has 88 valence electrons. The number of piperazine rings is 1. The lowest BCUT2D eigenvalue weighted by Gasteiger charge is -2.40. The molecule has 0 aromatic heterocycles. The molecule has 1 aliphatic heterocycles. The van der Waals surface area contributed by atoms with Crippen LogP contribution in [0.4, 0.5) is 0 Å². The predicted octanol–water partition coefficient (Wildman–Crippen LogP) is 2.40. The fourth-order valence-electron chi connectivity index (χ4n) is 2.07. The largest absolute Gasteiger partial charge is 0.355 e. The summed E-state index contributed by atoms with van der Waals surface area (Å²) in [7, 11) is 0. The average Bonchev–Trinajstić information content (AvgIpc) is 2.20. The van der Waals surface area contributed by atoms with Crippen LogP contribution in [0.1, 0.15) is 33.1 Å². The van der Waals surface area contributed by atoms with Crippen molar-refractivity contribution in [1.29, 1.82) is 0 Å². The van der Waals surface area contributed by atoms with E-state index in [1.807, 2.05) is 0 Å². The smallest absolute Gasteiger partial charge is 0.133 e. The second kappa shape index (κ2) is 6.71. The lowest BCUT2D eigenvalue weighted by molar-refractivity contribution is 0.124. The lowest BCUT2D eigenvalue weighted by Crippen LogP contribution is -2.52. The Labute approximate surface area is 104 Å². The van der Waals surface area contributed by atoms with Crippen molar-refractivity contribution in [2.75, 3.05) is 26.2 Å². The quantitative estimate of drug-likeness (QED) is 0.463. The Morgan fingerprint density at radius 1 is 1.40 bits per heavy atom. The van der Waals surface area contributed by atoms with Gasteiger partial charge in [0.25, 0.3) is 0 Å². The van der Waals surface area contributed by atoms with Crippen molar-refractivity contribution < 1.29 is 0 Å². The molecule has 0 radical (unpaired) electrons. The summed E-state index contributed by atoms with van der Waals surface area (Å²) in [6.45, 7) is 8.98. The van der Waals surface area contributed by atoms with Crippen molar-refractivity contribution in [1.82, 2.24) is 9.80 Å². The number of thiol groups is 1. The summed E-state index contributed by atoms with van der Waals surface area (Å²) < 4.78 is 0.745. The second-order valence-corrected chi connectivity index (χ2v) is 5.43. The first-order chi connectivity index (χ1) is 7.15. The molecule has 15 heavy (non-hydrogen) atoms. The standard InChI is InChI=1S/C11H22N2S2/c1-3-4-5-6-12-7-8-13(11(14)15)9-10(12)2/h10H,3-9H2,1-2H3,(H,14,15). The Hall–Kier alpha value is 0.200. The van der Waals surface area contributed by atoms with Crippen LogP contribution in [0.25, 0.3) is 0 Å². The number of rotatable bonds is 4. The highest BCUT2D eigenvalue weighted by molar-refractivity contribution is 8.10. The van der Waals surface area contributed by atoms with Crippen LogP contribution < -0.4 is 0 Å². The van der Waals surface area contributed by atoms with Crippen molar-refractivity contribution in [2.45, 2.75) is 39.2 Å². The topological polar surface area (TPSA) is 6.48 Å². The fraction of sp³-hybridized carbons (Fsp3) is 0.909. The van der Waals surface area contributed by atoms with Crippen molar-refractivity contribution in [3.05, 3.63) is 0 Å². The van der Waals surface area contributed by atoms with E-state index in [2.05, 4.69) is 36.3 Å². The third-order valence-corrected chi connectivity index (χ3v) is 3.63. The van der Waals surface area contributed by atoms with Gasteiger partial charge in [-0.3, -0.25) is 4.90 Å². The molecule has 0 amide bonds. The molecule has 0 aromatic carbocycles. The molecule has 1 saturated heterocycles. The summed E-state index contributed by atoms with van der Waals surface area (Å²) in [5.74, 6) is 0. The number of hydrogen-bond donors (Lipinski definition) is 1. The molecular formula is C11H22N2S2. The summed E-state index contributed by atoms with van der Waals surface area (Å²) in [4.78, 5) is 4.76. The van der Waals surface area contributed by atoms with Crippen LogP contribution in [0.5, 0.6) is 0 Å². The molecule has 0 aromatic rings. The van der Waals surface area contributed by atoms with E-state index in [0.717, 1.165) is 24.0 Å². The van der Waals surface area contributed by atoms with E-state index < -0.39 is 0 Å². The molecule has 0 aliphatic carbocycles. The maximum Gasteiger partial charge on any atom is 0.133 e. The van der Waals surface area contributed by atoms with Gasteiger partial charge in [0.1, 0.15) is 4.32 Å². The molecular weight excluding hydrogens is 224 g/mol. The zero-order valence-electron chi connectivity index (χ0n) is 9.78. The van der Waals surface area contributed by atoms with Gasteiger partial charge in [0.05, 0.1) is 0 Å². The Kier molecular flexibility index (Phi) is 5.94. The van der Waals surface area contributed by atoms with Crippen molar-refractivity contribution in [3.63, 3.8) is 0 Å². The summed E-state index contributed by atoms with van der Waals surface area (Å²) >= 11 is 9.32. The van der Waals surface area contributed by atoms with Gasteiger partial charge in [-0.05, 0) is 19.9 Å². The Bertz CT molecular complexity index is 209. The van der Waals surface area contributed by atoms with Crippen LogP contribution in [0.2, 0.25) is 0 Å². The summed E-state index contributed by atoms with van der Waals surface area (Å²) in [6, 6.07) is 0.612. The highest BCUT2D eigenvalue weighted by Crippen LogP contribution is 2.12. The van der Waals surface area contributed by atoms with Gasteiger partial charge in [0, 0.05) is 25.7 Å². The molecule has 1 heterocycles. The van der Waals surface area contributed by atoms with E-state index in [1.54, 1.807) is 0 Å². The first-order valence-electron chi connectivity index (χ1n) is 5.87. The Morgan fingerprint density at radius 2 is 2.13 bits per heavy atom. The van der Waals surface area contributed by atoms with Gasteiger partial charge in [0.15, 0.2) is 0 Å². The van der Waals surface area contributed by atoms with Gasteiger partial charge in [-0.2, -0.15) is 0 Å². The van der Waals surface area contributed by atoms with E-state index in [4.69, 9.17) is 12.2 Å². The lowest BCUT2D eigenvalue weighted by atomic mass is 10.1. The van der Waals surface area contributed by atoms with Crippen LogP contribution >= 0.6 is 24.8 Å². The second-order valence-electron chi connectivity index (χ2n) is 4.32. The zero-order chi connectivity index (χ0) is 11.3. The fourth-order valence-corrected chi connectivity index (χ4v) is 2.41. The predicted molar refractivity (Wildman–Crippen MR) is 73.7 cm³/mol. The minimum Gasteiger partial charge on any atom is -0.355 e. The van der Waals surface area contributed by atoms with Crippen molar-refractivity contribution >= 4 is 29.2 Å². The summed E-state index contributed by atoms with van der Waals surface area (Å²) in [6.07, 6.45) is 3.97. The molecule has 0 N–H and O–H groups in total. The maximum absolute atomic E-state index is 5.08.